The Hall–Kier alpha value is -1.34. The lowest BCUT2D eigenvalue weighted by molar-refractivity contribution is -0.123. The molecule has 0 unspecified atom stereocenters. The predicted octanol–water partition coefficient (Wildman–Crippen LogP) is 1.22. The highest BCUT2D eigenvalue weighted by Crippen LogP contribution is 2.20. The zero-order valence-electron chi connectivity index (χ0n) is 18.5. The van der Waals surface area contributed by atoms with E-state index >= 15 is 0 Å². The summed E-state index contributed by atoms with van der Waals surface area (Å²) in [7, 11) is 0. The number of nitrogens with one attached hydrogen (secondary N) is 2. The molecule has 0 atom stereocenters. The van der Waals surface area contributed by atoms with Gasteiger partial charge in [-0.25, -0.2) is 0 Å². The molecule has 0 aliphatic carbocycles. The van der Waals surface area contributed by atoms with Gasteiger partial charge >= 0.3 is 0 Å². The van der Waals surface area contributed by atoms with Gasteiger partial charge in [-0.1, -0.05) is 6.92 Å². The highest BCUT2D eigenvalue weighted by Gasteiger charge is 2.22. The minimum atomic E-state index is 0.123. The van der Waals surface area contributed by atoms with Crippen molar-refractivity contribution in [2.75, 3.05) is 65.4 Å². The number of rotatable bonds is 8. The third kappa shape index (κ3) is 7.95. The third-order valence-corrected chi connectivity index (χ3v) is 5.78. The average molecular weight is 395 g/mol. The molecular formula is C21H42N6O. The van der Waals surface area contributed by atoms with E-state index in [4.69, 9.17) is 4.99 Å². The fraction of sp³-hybridized carbons (Fsp3) is 0.905. The standard InChI is InChI=1S/C21H42N6O/c1-5-22-21(23-10-7-19-8-11-25(6-2)12-9-19)27-15-13-26(14-16-27)17-20(28)24-18(3)4/h18-19H,5-17H2,1-4H3,(H,22,23)(H,24,28). The van der Waals surface area contributed by atoms with Crippen molar-refractivity contribution >= 4 is 11.9 Å². The number of piperidine rings is 1. The summed E-state index contributed by atoms with van der Waals surface area (Å²) in [5.41, 5.74) is 0. The van der Waals surface area contributed by atoms with E-state index in [1.54, 1.807) is 0 Å². The van der Waals surface area contributed by atoms with E-state index in [2.05, 4.69) is 39.2 Å². The van der Waals surface area contributed by atoms with Gasteiger partial charge in [-0.05, 0) is 65.6 Å². The monoisotopic (exact) mass is 394 g/mol. The first-order valence-corrected chi connectivity index (χ1v) is 11.3. The van der Waals surface area contributed by atoms with Gasteiger partial charge in [0.2, 0.25) is 5.91 Å². The Morgan fingerprint density at radius 2 is 1.71 bits per heavy atom. The van der Waals surface area contributed by atoms with Crippen LogP contribution in [0.5, 0.6) is 0 Å². The van der Waals surface area contributed by atoms with Crippen LogP contribution in [0.1, 0.15) is 47.0 Å². The summed E-state index contributed by atoms with van der Waals surface area (Å²) in [6, 6.07) is 0.204. The van der Waals surface area contributed by atoms with Gasteiger partial charge in [-0.2, -0.15) is 0 Å². The molecule has 2 aliphatic heterocycles. The van der Waals surface area contributed by atoms with E-state index in [-0.39, 0.29) is 11.9 Å². The molecule has 0 aromatic carbocycles. The van der Waals surface area contributed by atoms with Crippen molar-refractivity contribution in [3.05, 3.63) is 0 Å². The largest absolute Gasteiger partial charge is 0.357 e. The quantitative estimate of drug-likeness (QED) is 0.479. The average Bonchev–Trinajstić information content (AvgIpc) is 2.68. The molecule has 2 N–H and O–H groups in total. The highest BCUT2D eigenvalue weighted by atomic mass is 16.2. The number of guanidine groups is 1. The SMILES string of the molecule is CCNC(=NCCC1CCN(CC)CC1)N1CCN(CC(=O)NC(C)C)CC1. The maximum atomic E-state index is 12.0. The summed E-state index contributed by atoms with van der Waals surface area (Å²) in [6.07, 6.45) is 3.83. The molecule has 2 saturated heterocycles. The van der Waals surface area contributed by atoms with Crippen molar-refractivity contribution < 1.29 is 4.79 Å². The Labute approximate surface area is 171 Å². The van der Waals surface area contributed by atoms with Crippen LogP contribution >= 0.6 is 0 Å². The summed E-state index contributed by atoms with van der Waals surface area (Å²) in [6.45, 7) is 18.0. The van der Waals surface area contributed by atoms with E-state index in [1.807, 2.05) is 13.8 Å². The van der Waals surface area contributed by atoms with Crippen molar-refractivity contribution in [1.29, 1.82) is 0 Å². The van der Waals surface area contributed by atoms with E-state index in [0.717, 1.165) is 51.1 Å². The molecule has 7 nitrogen and oxygen atoms in total. The minimum Gasteiger partial charge on any atom is -0.357 e. The fourth-order valence-electron chi connectivity index (χ4n) is 4.06. The normalized spacial score (nSPS) is 20.6. The molecule has 0 bridgehead atoms. The Bertz CT molecular complexity index is 479. The summed E-state index contributed by atoms with van der Waals surface area (Å²) >= 11 is 0. The maximum Gasteiger partial charge on any atom is 0.234 e. The zero-order chi connectivity index (χ0) is 20.4. The van der Waals surface area contributed by atoms with E-state index in [0.29, 0.717) is 6.54 Å². The van der Waals surface area contributed by atoms with Crippen LogP contribution in [-0.4, -0.2) is 98.1 Å². The molecule has 1 amide bonds. The van der Waals surface area contributed by atoms with Crippen LogP contribution in [0.25, 0.3) is 0 Å². The lowest BCUT2D eigenvalue weighted by Crippen LogP contribution is -2.54. The van der Waals surface area contributed by atoms with Crippen LogP contribution in [0.3, 0.4) is 0 Å². The van der Waals surface area contributed by atoms with Gasteiger partial charge in [0, 0.05) is 45.3 Å². The molecule has 0 aromatic rings. The molecule has 2 fully saturated rings. The molecule has 162 valence electrons. The maximum absolute atomic E-state index is 12.0. The van der Waals surface area contributed by atoms with E-state index in [1.165, 1.54) is 38.9 Å². The van der Waals surface area contributed by atoms with Crippen LogP contribution in [0.4, 0.5) is 0 Å². The molecule has 28 heavy (non-hydrogen) atoms. The van der Waals surface area contributed by atoms with Crippen molar-refractivity contribution in [3.63, 3.8) is 0 Å². The molecule has 7 heteroatoms. The number of likely N-dealkylation sites (tertiary alicyclic amines) is 1. The van der Waals surface area contributed by atoms with Gasteiger partial charge in [-0.3, -0.25) is 14.7 Å². The molecule has 2 aliphatic rings. The Balaban J connectivity index is 1.74. The molecule has 0 spiro atoms. The van der Waals surface area contributed by atoms with E-state index < -0.39 is 0 Å². The number of nitrogens with zero attached hydrogens (tertiary/aromatic N) is 4. The van der Waals surface area contributed by atoms with Crippen LogP contribution < -0.4 is 10.6 Å². The first-order valence-electron chi connectivity index (χ1n) is 11.3. The summed E-state index contributed by atoms with van der Waals surface area (Å²) in [5.74, 6) is 1.99. The fourth-order valence-corrected chi connectivity index (χ4v) is 4.06. The number of amides is 1. The Morgan fingerprint density at radius 3 is 2.29 bits per heavy atom. The van der Waals surface area contributed by atoms with Crippen LogP contribution in [0, 0.1) is 5.92 Å². The molecule has 0 aromatic heterocycles. The smallest absolute Gasteiger partial charge is 0.234 e. The molecule has 0 radical (unpaired) electrons. The van der Waals surface area contributed by atoms with Gasteiger partial charge in [-0.15, -0.1) is 0 Å². The molecule has 0 saturated carbocycles. The zero-order valence-corrected chi connectivity index (χ0v) is 18.5. The van der Waals surface area contributed by atoms with Crippen molar-refractivity contribution in [2.24, 2.45) is 10.9 Å². The predicted molar refractivity (Wildman–Crippen MR) is 117 cm³/mol. The highest BCUT2D eigenvalue weighted by molar-refractivity contribution is 5.80. The van der Waals surface area contributed by atoms with Crippen molar-refractivity contribution in [2.45, 2.75) is 53.0 Å². The number of piperazine rings is 1. The Morgan fingerprint density at radius 1 is 1.04 bits per heavy atom. The number of aliphatic imine (C=N–C) groups is 1. The number of carbonyl (C=O) groups is 1. The summed E-state index contributed by atoms with van der Waals surface area (Å²) < 4.78 is 0. The Kier molecular flexibility index (Phi) is 10.1. The van der Waals surface area contributed by atoms with Crippen molar-refractivity contribution in [1.82, 2.24) is 25.3 Å². The van der Waals surface area contributed by atoms with Gasteiger partial charge in [0.15, 0.2) is 5.96 Å². The van der Waals surface area contributed by atoms with E-state index in [9.17, 15) is 4.79 Å². The van der Waals surface area contributed by atoms with Gasteiger partial charge in [0.25, 0.3) is 0 Å². The van der Waals surface area contributed by atoms with Crippen LogP contribution in [0.2, 0.25) is 0 Å². The molecular weight excluding hydrogens is 352 g/mol. The van der Waals surface area contributed by atoms with Gasteiger partial charge in [0.05, 0.1) is 6.54 Å². The first-order chi connectivity index (χ1) is 13.5. The topological polar surface area (TPSA) is 63.2 Å². The lowest BCUT2D eigenvalue weighted by atomic mass is 9.94. The minimum absolute atomic E-state index is 0.123. The number of hydrogen-bond donors (Lipinski definition) is 2. The number of carbonyl (C=O) groups excluding carboxylic acids is 1. The molecule has 2 rings (SSSR count). The summed E-state index contributed by atoms with van der Waals surface area (Å²) in [4.78, 5) is 24.0. The third-order valence-electron chi connectivity index (χ3n) is 5.78. The molecule has 2 heterocycles. The van der Waals surface area contributed by atoms with Crippen LogP contribution in [0.15, 0.2) is 4.99 Å². The van der Waals surface area contributed by atoms with Crippen LogP contribution in [-0.2, 0) is 4.79 Å². The first kappa shape index (κ1) is 22.9. The lowest BCUT2D eigenvalue weighted by Gasteiger charge is -2.36. The van der Waals surface area contributed by atoms with Crippen molar-refractivity contribution in [3.8, 4) is 0 Å². The van der Waals surface area contributed by atoms with Gasteiger partial charge < -0.3 is 20.4 Å². The number of hydrogen-bond acceptors (Lipinski definition) is 4. The second kappa shape index (κ2) is 12.3. The summed E-state index contributed by atoms with van der Waals surface area (Å²) in [5, 5.41) is 6.43. The second-order valence-corrected chi connectivity index (χ2v) is 8.39. The second-order valence-electron chi connectivity index (χ2n) is 8.39. The van der Waals surface area contributed by atoms with Gasteiger partial charge in [0.1, 0.15) is 0 Å².